The first-order valence-electron chi connectivity index (χ1n) is 6.60. The maximum Gasteiger partial charge on any atom is 0.128 e. The first kappa shape index (κ1) is 12.2. The molecule has 3 nitrogen and oxygen atoms in total. The Morgan fingerprint density at radius 3 is 2.59 bits per heavy atom. The van der Waals surface area contributed by atoms with Crippen molar-refractivity contribution in [2.75, 3.05) is 17.7 Å². The van der Waals surface area contributed by atoms with Gasteiger partial charge in [-0.1, -0.05) is 19.9 Å². The molecule has 1 aliphatic carbocycles. The number of hydrogen-bond acceptors (Lipinski definition) is 3. The topological polar surface area (TPSA) is 37.0 Å². The van der Waals surface area contributed by atoms with E-state index in [2.05, 4.69) is 29.5 Å². The summed E-state index contributed by atoms with van der Waals surface area (Å²) in [7, 11) is 1.90. The first-order chi connectivity index (χ1) is 8.19. The zero-order chi connectivity index (χ0) is 12.3. The minimum atomic E-state index is 0.584. The van der Waals surface area contributed by atoms with Gasteiger partial charge in [0, 0.05) is 13.1 Å². The summed E-state index contributed by atoms with van der Waals surface area (Å²) in [5.74, 6) is 3.59. The quantitative estimate of drug-likeness (QED) is 0.840. The molecule has 1 aromatic heterocycles. The molecule has 2 rings (SSSR count). The number of aromatic nitrogens is 1. The summed E-state index contributed by atoms with van der Waals surface area (Å²) < 4.78 is 0. The SMILES string of the molecule is CNc1cccc(NC2CCC(C)C(C)C2)n1. The van der Waals surface area contributed by atoms with Crippen molar-refractivity contribution in [1.82, 2.24) is 4.98 Å². The van der Waals surface area contributed by atoms with Crippen molar-refractivity contribution in [3.63, 3.8) is 0 Å². The fraction of sp³-hybridized carbons (Fsp3) is 0.643. The van der Waals surface area contributed by atoms with Gasteiger partial charge in [-0.25, -0.2) is 4.98 Å². The van der Waals surface area contributed by atoms with Gasteiger partial charge in [0.1, 0.15) is 11.6 Å². The van der Waals surface area contributed by atoms with Gasteiger partial charge in [-0.3, -0.25) is 0 Å². The predicted molar refractivity (Wildman–Crippen MR) is 73.4 cm³/mol. The average Bonchev–Trinajstić information content (AvgIpc) is 2.34. The molecule has 0 radical (unpaired) electrons. The molecule has 0 amide bonds. The second kappa shape index (κ2) is 5.39. The Bertz CT molecular complexity index is 364. The van der Waals surface area contributed by atoms with E-state index in [1.807, 2.05) is 25.2 Å². The van der Waals surface area contributed by atoms with E-state index in [4.69, 9.17) is 0 Å². The second-order valence-electron chi connectivity index (χ2n) is 5.27. The fourth-order valence-corrected chi connectivity index (χ4v) is 2.54. The van der Waals surface area contributed by atoms with Crippen LogP contribution in [0.4, 0.5) is 11.6 Å². The Hall–Kier alpha value is -1.25. The van der Waals surface area contributed by atoms with E-state index in [9.17, 15) is 0 Å². The molecule has 0 bridgehead atoms. The largest absolute Gasteiger partial charge is 0.373 e. The molecule has 0 aromatic carbocycles. The Morgan fingerprint density at radius 1 is 1.12 bits per heavy atom. The highest BCUT2D eigenvalue weighted by molar-refractivity contribution is 5.45. The summed E-state index contributed by atoms with van der Waals surface area (Å²) in [5, 5.41) is 6.62. The van der Waals surface area contributed by atoms with Crippen molar-refractivity contribution in [2.45, 2.75) is 39.2 Å². The van der Waals surface area contributed by atoms with Crippen molar-refractivity contribution in [3.8, 4) is 0 Å². The third-order valence-electron chi connectivity index (χ3n) is 3.96. The molecule has 17 heavy (non-hydrogen) atoms. The standard InChI is InChI=1S/C14H23N3/c1-10-7-8-12(9-11(10)2)16-14-6-4-5-13(15-3)17-14/h4-6,10-12H,7-9H2,1-3H3,(H2,15,16,17). The number of pyridine rings is 1. The van der Waals surface area contributed by atoms with Crippen LogP contribution < -0.4 is 10.6 Å². The molecule has 1 aliphatic rings. The van der Waals surface area contributed by atoms with Crippen LogP contribution in [0.1, 0.15) is 33.1 Å². The molecular weight excluding hydrogens is 210 g/mol. The van der Waals surface area contributed by atoms with Crippen molar-refractivity contribution in [3.05, 3.63) is 18.2 Å². The number of hydrogen-bond donors (Lipinski definition) is 2. The van der Waals surface area contributed by atoms with E-state index in [1.54, 1.807) is 0 Å². The van der Waals surface area contributed by atoms with E-state index in [0.29, 0.717) is 6.04 Å². The van der Waals surface area contributed by atoms with Gasteiger partial charge in [0.05, 0.1) is 0 Å². The van der Waals surface area contributed by atoms with Gasteiger partial charge in [-0.15, -0.1) is 0 Å². The second-order valence-corrected chi connectivity index (χ2v) is 5.27. The maximum atomic E-state index is 4.51. The lowest BCUT2D eigenvalue weighted by Crippen LogP contribution is -2.30. The van der Waals surface area contributed by atoms with Gasteiger partial charge >= 0.3 is 0 Å². The minimum absolute atomic E-state index is 0.584. The van der Waals surface area contributed by atoms with Crippen LogP contribution in [0.2, 0.25) is 0 Å². The van der Waals surface area contributed by atoms with E-state index in [-0.39, 0.29) is 0 Å². The van der Waals surface area contributed by atoms with Gasteiger partial charge in [-0.05, 0) is 43.2 Å². The predicted octanol–water partition coefficient (Wildman–Crippen LogP) is 3.36. The Balaban J connectivity index is 1.96. The molecule has 1 fully saturated rings. The summed E-state index contributed by atoms with van der Waals surface area (Å²) in [6.07, 6.45) is 3.84. The molecule has 0 spiro atoms. The van der Waals surface area contributed by atoms with Gasteiger partial charge < -0.3 is 10.6 Å². The van der Waals surface area contributed by atoms with Crippen molar-refractivity contribution in [2.24, 2.45) is 11.8 Å². The number of anilines is 2. The van der Waals surface area contributed by atoms with Crippen LogP contribution in [-0.2, 0) is 0 Å². The zero-order valence-electron chi connectivity index (χ0n) is 11.0. The van der Waals surface area contributed by atoms with Gasteiger partial charge in [0.25, 0.3) is 0 Å². The fourth-order valence-electron chi connectivity index (χ4n) is 2.54. The van der Waals surface area contributed by atoms with Crippen LogP contribution in [0.5, 0.6) is 0 Å². The highest BCUT2D eigenvalue weighted by Gasteiger charge is 2.24. The molecule has 2 N–H and O–H groups in total. The molecule has 1 heterocycles. The lowest BCUT2D eigenvalue weighted by atomic mass is 9.79. The summed E-state index contributed by atoms with van der Waals surface area (Å²) >= 11 is 0. The van der Waals surface area contributed by atoms with Crippen molar-refractivity contribution >= 4 is 11.6 Å². The smallest absolute Gasteiger partial charge is 0.128 e. The Morgan fingerprint density at radius 2 is 1.88 bits per heavy atom. The average molecular weight is 233 g/mol. The van der Waals surface area contributed by atoms with Crippen LogP contribution in [-0.4, -0.2) is 18.1 Å². The van der Waals surface area contributed by atoms with Crippen LogP contribution in [0.25, 0.3) is 0 Å². The van der Waals surface area contributed by atoms with Gasteiger partial charge in [-0.2, -0.15) is 0 Å². The van der Waals surface area contributed by atoms with Crippen molar-refractivity contribution in [1.29, 1.82) is 0 Å². The Labute approximate surface area is 104 Å². The monoisotopic (exact) mass is 233 g/mol. The van der Waals surface area contributed by atoms with E-state index in [0.717, 1.165) is 23.5 Å². The number of nitrogens with zero attached hydrogens (tertiary/aromatic N) is 1. The summed E-state index contributed by atoms with van der Waals surface area (Å²) in [5.41, 5.74) is 0. The van der Waals surface area contributed by atoms with Crippen LogP contribution in [0.3, 0.4) is 0 Å². The van der Waals surface area contributed by atoms with Gasteiger partial charge in [0.2, 0.25) is 0 Å². The number of rotatable bonds is 3. The maximum absolute atomic E-state index is 4.51. The molecular formula is C14H23N3. The molecule has 3 heteroatoms. The van der Waals surface area contributed by atoms with Crippen LogP contribution in [0.15, 0.2) is 18.2 Å². The summed E-state index contributed by atoms with van der Waals surface area (Å²) in [4.78, 5) is 4.51. The molecule has 3 unspecified atom stereocenters. The Kier molecular flexibility index (Phi) is 3.87. The molecule has 3 atom stereocenters. The normalized spacial score (nSPS) is 28.8. The molecule has 0 aliphatic heterocycles. The molecule has 0 saturated heterocycles. The van der Waals surface area contributed by atoms with E-state index in [1.165, 1.54) is 19.3 Å². The van der Waals surface area contributed by atoms with Gasteiger partial charge in [0.15, 0.2) is 0 Å². The minimum Gasteiger partial charge on any atom is -0.373 e. The van der Waals surface area contributed by atoms with Crippen LogP contribution >= 0.6 is 0 Å². The highest BCUT2D eigenvalue weighted by atomic mass is 15.1. The lowest BCUT2D eigenvalue weighted by Gasteiger charge is -2.32. The van der Waals surface area contributed by atoms with Crippen LogP contribution in [0, 0.1) is 11.8 Å². The van der Waals surface area contributed by atoms with Crippen molar-refractivity contribution < 1.29 is 0 Å². The molecule has 94 valence electrons. The zero-order valence-corrected chi connectivity index (χ0v) is 11.0. The third kappa shape index (κ3) is 3.11. The summed E-state index contributed by atoms with van der Waals surface area (Å²) in [6.45, 7) is 4.72. The van der Waals surface area contributed by atoms with E-state index >= 15 is 0 Å². The summed E-state index contributed by atoms with van der Waals surface area (Å²) in [6, 6.07) is 6.65. The molecule has 1 saturated carbocycles. The highest BCUT2D eigenvalue weighted by Crippen LogP contribution is 2.30. The number of nitrogens with one attached hydrogen (secondary N) is 2. The first-order valence-corrected chi connectivity index (χ1v) is 6.60. The lowest BCUT2D eigenvalue weighted by molar-refractivity contribution is 0.260. The van der Waals surface area contributed by atoms with E-state index < -0.39 is 0 Å². The molecule has 1 aromatic rings. The third-order valence-corrected chi connectivity index (χ3v) is 3.96.